The Balaban J connectivity index is 1.36. The van der Waals surface area contributed by atoms with Gasteiger partial charge in [0, 0.05) is 6.07 Å². The van der Waals surface area contributed by atoms with Crippen LogP contribution in [0.1, 0.15) is 53.2 Å². The number of halogens is 1. The molecule has 0 aliphatic carbocycles. The second-order valence-corrected chi connectivity index (χ2v) is 9.04. The number of allylic oxidation sites excluding steroid dienone is 2. The van der Waals surface area contributed by atoms with Crippen molar-refractivity contribution in [2.75, 3.05) is 0 Å². The van der Waals surface area contributed by atoms with Gasteiger partial charge in [-0.2, -0.15) is 0 Å². The van der Waals surface area contributed by atoms with Crippen molar-refractivity contribution in [1.29, 1.82) is 0 Å². The van der Waals surface area contributed by atoms with E-state index in [4.69, 9.17) is 4.74 Å². The summed E-state index contributed by atoms with van der Waals surface area (Å²) in [6.45, 7) is 4.19. The molecule has 0 aliphatic heterocycles. The van der Waals surface area contributed by atoms with Crippen LogP contribution < -0.4 is 4.74 Å². The predicted octanol–water partition coefficient (Wildman–Crippen LogP) is 8.57. The molecule has 182 valence electrons. The van der Waals surface area contributed by atoms with Gasteiger partial charge in [0.05, 0.1) is 5.56 Å². The van der Waals surface area contributed by atoms with Gasteiger partial charge in [-0.3, -0.25) is 0 Å². The SMILES string of the molecule is C/C=C/CCc1ccc(OC(=O)c2ccc(-c3ccc(CC(C)c4ccccc4)cc3)cc2)cc1F. The molecule has 0 spiro atoms. The number of benzene rings is 4. The van der Waals surface area contributed by atoms with Crippen molar-refractivity contribution in [2.45, 2.75) is 39.0 Å². The Morgan fingerprint density at radius 1 is 0.889 bits per heavy atom. The molecule has 2 nitrogen and oxygen atoms in total. The van der Waals surface area contributed by atoms with Crippen molar-refractivity contribution in [3.05, 3.63) is 137 Å². The Labute approximate surface area is 213 Å². The summed E-state index contributed by atoms with van der Waals surface area (Å²) < 4.78 is 19.7. The van der Waals surface area contributed by atoms with Crippen LogP contribution in [0.5, 0.6) is 5.75 Å². The fourth-order valence-electron chi connectivity index (χ4n) is 4.25. The van der Waals surface area contributed by atoms with E-state index in [0.29, 0.717) is 23.5 Å². The minimum Gasteiger partial charge on any atom is -0.423 e. The van der Waals surface area contributed by atoms with E-state index in [1.165, 1.54) is 17.2 Å². The largest absolute Gasteiger partial charge is 0.423 e. The van der Waals surface area contributed by atoms with Crippen molar-refractivity contribution >= 4 is 5.97 Å². The molecule has 0 bridgehead atoms. The zero-order valence-corrected chi connectivity index (χ0v) is 20.8. The Bertz CT molecular complexity index is 1310. The normalized spacial score (nSPS) is 12.0. The first-order valence-electron chi connectivity index (χ1n) is 12.4. The summed E-state index contributed by atoms with van der Waals surface area (Å²) in [7, 11) is 0. The van der Waals surface area contributed by atoms with E-state index in [-0.39, 0.29) is 11.6 Å². The molecule has 0 aromatic heterocycles. The highest BCUT2D eigenvalue weighted by atomic mass is 19.1. The molecule has 0 radical (unpaired) electrons. The second-order valence-electron chi connectivity index (χ2n) is 9.04. The van der Waals surface area contributed by atoms with Crippen LogP contribution in [-0.2, 0) is 12.8 Å². The molecular weight excluding hydrogens is 447 g/mol. The van der Waals surface area contributed by atoms with E-state index in [2.05, 4.69) is 55.5 Å². The highest BCUT2D eigenvalue weighted by molar-refractivity contribution is 5.91. The Hall–Kier alpha value is -3.98. The van der Waals surface area contributed by atoms with Gasteiger partial charge >= 0.3 is 5.97 Å². The Kier molecular flexibility index (Phi) is 8.46. The average molecular weight is 479 g/mol. The minimum absolute atomic E-state index is 0.205. The van der Waals surface area contributed by atoms with E-state index < -0.39 is 5.97 Å². The van der Waals surface area contributed by atoms with Crippen LogP contribution in [0.25, 0.3) is 11.1 Å². The molecule has 4 rings (SSSR count). The zero-order valence-electron chi connectivity index (χ0n) is 20.8. The first-order chi connectivity index (χ1) is 17.5. The predicted molar refractivity (Wildman–Crippen MR) is 145 cm³/mol. The fraction of sp³-hybridized carbons (Fsp3) is 0.182. The van der Waals surface area contributed by atoms with Gasteiger partial charge in [0.1, 0.15) is 11.6 Å². The standard InChI is InChI=1S/C33H31FO2/c1-3-4-6-11-29-20-21-31(23-32(29)34)36-33(35)30-18-16-28(17-19-30)27-14-12-25(13-15-27)22-24(2)26-9-7-5-8-10-26/h3-5,7-10,12-21,23-24H,6,11,22H2,1-2H3/b4-3+. The molecule has 0 N–H and O–H groups in total. The maximum absolute atomic E-state index is 14.3. The molecule has 4 aromatic rings. The molecule has 0 amide bonds. The van der Waals surface area contributed by atoms with Gasteiger partial charge in [-0.05, 0) is 78.1 Å². The van der Waals surface area contributed by atoms with Gasteiger partial charge in [0.2, 0.25) is 0 Å². The molecule has 0 saturated carbocycles. The van der Waals surface area contributed by atoms with Gasteiger partial charge in [0.15, 0.2) is 0 Å². The number of carbonyl (C=O) groups excluding carboxylic acids is 1. The summed E-state index contributed by atoms with van der Waals surface area (Å²) in [6, 6.07) is 31.0. The Morgan fingerprint density at radius 2 is 1.56 bits per heavy atom. The van der Waals surface area contributed by atoms with Crippen LogP contribution in [0.4, 0.5) is 4.39 Å². The first-order valence-corrected chi connectivity index (χ1v) is 12.4. The number of rotatable bonds is 9. The molecule has 3 heteroatoms. The molecule has 0 fully saturated rings. The van der Waals surface area contributed by atoms with Crippen LogP contribution in [0.2, 0.25) is 0 Å². The smallest absolute Gasteiger partial charge is 0.343 e. The van der Waals surface area contributed by atoms with E-state index in [0.717, 1.165) is 24.0 Å². The lowest BCUT2D eigenvalue weighted by Gasteiger charge is -2.12. The lowest BCUT2D eigenvalue weighted by atomic mass is 9.93. The third-order valence-electron chi connectivity index (χ3n) is 6.37. The van der Waals surface area contributed by atoms with E-state index in [1.807, 2.05) is 37.3 Å². The summed E-state index contributed by atoms with van der Waals surface area (Å²) in [6.07, 6.45) is 6.31. The average Bonchev–Trinajstić information content (AvgIpc) is 2.91. The summed E-state index contributed by atoms with van der Waals surface area (Å²) in [5.74, 6) is -0.212. The molecule has 36 heavy (non-hydrogen) atoms. The van der Waals surface area contributed by atoms with E-state index in [1.54, 1.807) is 24.3 Å². The van der Waals surface area contributed by atoms with Crippen molar-refractivity contribution in [2.24, 2.45) is 0 Å². The first kappa shape index (κ1) is 25.1. The van der Waals surface area contributed by atoms with Crippen molar-refractivity contribution in [3.63, 3.8) is 0 Å². The molecule has 0 aliphatic rings. The van der Waals surface area contributed by atoms with Gasteiger partial charge in [-0.1, -0.05) is 91.9 Å². The van der Waals surface area contributed by atoms with Crippen molar-refractivity contribution in [1.82, 2.24) is 0 Å². The van der Waals surface area contributed by atoms with Crippen LogP contribution in [0.15, 0.2) is 109 Å². The van der Waals surface area contributed by atoms with Crippen molar-refractivity contribution in [3.8, 4) is 16.9 Å². The molecule has 0 saturated heterocycles. The molecule has 1 atom stereocenters. The zero-order chi connectivity index (χ0) is 25.3. The summed E-state index contributed by atoms with van der Waals surface area (Å²) in [4.78, 5) is 12.6. The highest BCUT2D eigenvalue weighted by Crippen LogP contribution is 2.25. The maximum atomic E-state index is 14.3. The maximum Gasteiger partial charge on any atom is 0.343 e. The lowest BCUT2D eigenvalue weighted by Crippen LogP contribution is -2.08. The number of aryl methyl sites for hydroxylation is 1. The third-order valence-corrected chi connectivity index (χ3v) is 6.37. The molecule has 0 heterocycles. The van der Waals surface area contributed by atoms with E-state index >= 15 is 0 Å². The summed E-state index contributed by atoms with van der Waals surface area (Å²) >= 11 is 0. The number of esters is 1. The lowest BCUT2D eigenvalue weighted by molar-refractivity contribution is 0.0734. The highest BCUT2D eigenvalue weighted by Gasteiger charge is 2.12. The molecule has 4 aromatic carbocycles. The monoisotopic (exact) mass is 478 g/mol. The van der Waals surface area contributed by atoms with Crippen molar-refractivity contribution < 1.29 is 13.9 Å². The molecular formula is C33H31FO2. The summed E-state index contributed by atoms with van der Waals surface area (Å²) in [5.41, 5.74) is 5.76. The van der Waals surface area contributed by atoms with Crippen LogP contribution in [0, 0.1) is 5.82 Å². The van der Waals surface area contributed by atoms with Gasteiger partial charge < -0.3 is 4.74 Å². The van der Waals surface area contributed by atoms with Gasteiger partial charge in [-0.15, -0.1) is 0 Å². The van der Waals surface area contributed by atoms with E-state index in [9.17, 15) is 9.18 Å². The van der Waals surface area contributed by atoms with Gasteiger partial charge in [-0.25, -0.2) is 9.18 Å². The summed E-state index contributed by atoms with van der Waals surface area (Å²) in [5, 5.41) is 0. The van der Waals surface area contributed by atoms with Crippen LogP contribution in [0.3, 0.4) is 0 Å². The molecule has 1 unspecified atom stereocenters. The minimum atomic E-state index is -0.507. The van der Waals surface area contributed by atoms with Crippen LogP contribution in [-0.4, -0.2) is 5.97 Å². The second kappa shape index (κ2) is 12.1. The van der Waals surface area contributed by atoms with Crippen LogP contribution >= 0.6 is 0 Å². The quantitative estimate of drug-likeness (QED) is 0.137. The van der Waals surface area contributed by atoms with Gasteiger partial charge in [0.25, 0.3) is 0 Å². The third kappa shape index (κ3) is 6.57. The topological polar surface area (TPSA) is 26.3 Å². The number of hydrogen-bond donors (Lipinski definition) is 0. The number of carbonyl (C=O) groups is 1. The fourth-order valence-corrected chi connectivity index (χ4v) is 4.25. The Morgan fingerprint density at radius 3 is 2.19 bits per heavy atom. The number of hydrogen-bond acceptors (Lipinski definition) is 2. The number of ether oxygens (including phenoxy) is 1.